The van der Waals surface area contributed by atoms with Gasteiger partial charge in [0.2, 0.25) is 5.91 Å². The molecule has 0 radical (unpaired) electrons. The molecule has 0 fully saturated rings. The van der Waals surface area contributed by atoms with E-state index in [4.69, 9.17) is 10.8 Å². The zero-order valence-electron chi connectivity index (χ0n) is 11.1. The zero-order chi connectivity index (χ0) is 15.2. The Bertz CT molecular complexity index is 639. The first-order chi connectivity index (χ1) is 10.0. The second-order valence-corrected chi connectivity index (χ2v) is 5.23. The lowest BCUT2D eigenvalue weighted by Gasteiger charge is -2.03. The molecule has 0 saturated heterocycles. The Labute approximate surface area is 124 Å². The number of nitrogens with zero attached hydrogens (tertiary/aromatic N) is 2. The van der Waals surface area contributed by atoms with E-state index in [1.54, 1.807) is 12.1 Å². The van der Waals surface area contributed by atoms with Gasteiger partial charge in [-0.1, -0.05) is 0 Å². The third kappa shape index (κ3) is 4.53. The summed E-state index contributed by atoms with van der Waals surface area (Å²) in [7, 11) is 0. The first-order valence-corrected chi connectivity index (χ1v) is 7.07. The number of amides is 1. The predicted molar refractivity (Wildman–Crippen MR) is 78.1 cm³/mol. The average Bonchev–Trinajstić information content (AvgIpc) is 2.90. The standard InChI is InChI=1S/C13H14N4O3S/c14-8-1-2-9(16-6-8)5-11(18)15-4-3-12-17-10(7-21-12)13(19)20/h1-2,6-7H,3-5,14H2,(H,15,18)(H,19,20). The molecule has 2 rings (SSSR count). The number of rotatable bonds is 6. The Morgan fingerprint density at radius 3 is 2.81 bits per heavy atom. The van der Waals surface area contributed by atoms with Crippen LogP contribution in [0.3, 0.4) is 0 Å². The maximum Gasteiger partial charge on any atom is 0.355 e. The third-order valence-corrected chi connectivity index (χ3v) is 3.53. The van der Waals surface area contributed by atoms with Crippen molar-refractivity contribution in [2.24, 2.45) is 0 Å². The highest BCUT2D eigenvalue weighted by molar-refractivity contribution is 7.09. The van der Waals surface area contributed by atoms with Gasteiger partial charge in [0.1, 0.15) is 0 Å². The summed E-state index contributed by atoms with van der Waals surface area (Å²) >= 11 is 1.27. The van der Waals surface area contributed by atoms with E-state index in [0.717, 1.165) is 0 Å². The van der Waals surface area contributed by atoms with Crippen LogP contribution in [0.4, 0.5) is 5.69 Å². The summed E-state index contributed by atoms with van der Waals surface area (Å²) in [6.45, 7) is 0.403. The van der Waals surface area contributed by atoms with Crippen molar-refractivity contribution in [2.75, 3.05) is 12.3 Å². The number of aromatic nitrogens is 2. The van der Waals surface area contributed by atoms with Crippen LogP contribution in [0.5, 0.6) is 0 Å². The Hall–Kier alpha value is -2.48. The number of thiazole rings is 1. The summed E-state index contributed by atoms with van der Waals surface area (Å²) in [6, 6.07) is 3.40. The fraction of sp³-hybridized carbons (Fsp3) is 0.231. The molecule has 2 heterocycles. The number of carbonyl (C=O) groups excluding carboxylic acids is 1. The summed E-state index contributed by atoms with van der Waals surface area (Å²) in [5, 5.41) is 13.7. The number of hydrogen-bond acceptors (Lipinski definition) is 6. The van der Waals surface area contributed by atoms with Gasteiger partial charge >= 0.3 is 5.97 Å². The number of nitrogens with one attached hydrogen (secondary N) is 1. The topological polar surface area (TPSA) is 118 Å². The lowest BCUT2D eigenvalue weighted by Crippen LogP contribution is -2.27. The van der Waals surface area contributed by atoms with E-state index in [-0.39, 0.29) is 18.0 Å². The number of carboxylic acids is 1. The number of nitrogen functional groups attached to an aromatic ring is 1. The predicted octanol–water partition coefficient (Wildman–Crippen LogP) is 0.720. The van der Waals surface area contributed by atoms with Gasteiger partial charge in [-0.25, -0.2) is 9.78 Å². The monoisotopic (exact) mass is 306 g/mol. The van der Waals surface area contributed by atoms with Gasteiger partial charge in [-0.3, -0.25) is 9.78 Å². The first-order valence-electron chi connectivity index (χ1n) is 6.19. The van der Waals surface area contributed by atoms with E-state index >= 15 is 0 Å². The quantitative estimate of drug-likeness (QED) is 0.723. The summed E-state index contributed by atoms with van der Waals surface area (Å²) in [5.74, 6) is -1.20. The minimum Gasteiger partial charge on any atom is -0.476 e. The molecule has 0 atom stereocenters. The van der Waals surface area contributed by atoms with Crippen LogP contribution in [-0.2, 0) is 17.6 Å². The van der Waals surface area contributed by atoms with Gasteiger partial charge in [-0.15, -0.1) is 11.3 Å². The van der Waals surface area contributed by atoms with Crippen molar-refractivity contribution in [3.63, 3.8) is 0 Å². The molecular weight excluding hydrogens is 292 g/mol. The lowest BCUT2D eigenvalue weighted by molar-refractivity contribution is -0.120. The molecule has 0 aliphatic rings. The minimum atomic E-state index is -1.05. The number of anilines is 1. The molecule has 4 N–H and O–H groups in total. The molecule has 0 unspecified atom stereocenters. The molecular formula is C13H14N4O3S. The molecule has 0 saturated carbocycles. The van der Waals surface area contributed by atoms with E-state index < -0.39 is 5.97 Å². The number of hydrogen-bond donors (Lipinski definition) is 3. The first kappa shape index (κ1) is 14.9. The Balaban J connectivity index is 1.76. The van der Waals surface area contributed by atoms with Crippen LogP contribution in [-0.4, -0.2) is 33.5 Å². The van der Waals surface area contributed by atoms with Crippen molar-refractivity contribution in [2.45, 2.75) is 12.8 Å². The lowest BCUT2D eigenvalue weighted by atomic mass is 10.2. The van der Waals surface area contributed by atoms with Crippen LogP contribution in [0.25, 0.3) is 0 Å². The summed E-state index contributed by atoms with van der Waals surface area (Å²) in [6.07, 6.45) is 2.18. The van der Waals surface area contributed by atoms with Gasteiger partial charge in [0.15, 0.2) is 5.69 Å². The maximum atomic E-state index is 11.7. The molecule has 0 aromatic carbocycles. The largest absolute Gasteiger partial charge is 0.476 e. The van der Waals surface area contributed by atoms with E-state index in [1.165, 1.54) is 22.9 Å². The van der Waals surface area contributed by atoms with Gasteiger partial charge in [-0.2, -0.15) is 0 Å². The normalized spacial score (nSPS) is 10.3. The minimum absolute atomic E-state index is 0.0346. The highest BCUT2D eigenvalue weighted by atomic mass is 32.1. The van der Waals surface area contributed by atoms with Crippen LogP contribution < -0.4 is 11.1 Å². The van der Waals surface area contributed by atoms with Crippen LogP contribution in [0.1, 0.15) is 21.2 Å². The number of pyridine rings is 1. The van der Waals surface area contributed by atoms with Gasteiger partial charge in [-0.05, 0) is 12.1 Å². The van der Waals surface area contributed by atoms with Crippen molar-refractivity contribution >= 4 is 28.9 Å². The van der Waals surface area contributed by atoms with Crippen LogP contribution >= 0.6 is 11.3 Å². The molecule has 0 aliphatic carbocycles. The van der Waals surface area contributed by atoms with Crippen molar-refractivity contribution in [3.8, 4) is 0 Å². The molecule has 0 bridgehead atoms. The zero-order valence-corrected chi connectivity index (χ0v) is 11.9. The SMILES string of the molecule is Nc1ccc(CC(=O)NCCc2nc(C(=O)O)cs2)nc1. The summed E-state index contributed by atoms with van der Waals surface area (Å²) in [4.78, 5) is 30.4. The van der Waals surface area contributed by atoms with Crippen molar-refractivity contribution < 1.29 is 14.7 Å². The smallest absolute Gasteiger partial charge is 0.355 e. The van der Waals surface area contributed by atoms with Gasteiger partial charge < -0.3 is 16.2 Å². The molecule has 7 nitrogen and oxygen atoms in total. The van der Waals surface area contributed by atoms with Crippen molar-refractivity contribution in [1.82, 2.24) is 15.3 Å². The van der Waals surface area contributed by atoms with Crippen LogP contribution in [0.2, 0.25) is 0 Å². The third-order valence-electron chi connectivity index (χ3n) is 2.62. The molecule has 0 spiro atoms. The number of nitrogens with two attached hydrogens (primary N) is 1. The molecule has 2 aromatic heterocycles. The summed E-state index contributed by atoms with van der Waals surface area (Å²) in [5.41, 5.74) is 6.74. The van der Waals surface area contributed by atoms with Gasteiger partial charge in [0, 0.05) is 24.0 Å². The number of carboxylic acid groups (broad SMARTS) is 1. The van der Waals surface area contributed by atoms with Gasteiger partial charge in [0.05, 0.1) is 23.3 Å². The van der Waals surface area contributed by atoms with E-state index in [1.807, 2.05) is 0 Å². The molecule has 0 aliphatic heterocycles. The van der Waals surface area contributed by atoms with Crippen LogP contribution in [0, 0.1) is 0 Å². The highest BCUT2D eigenvalue weighted by Crippen LogP contribution is 2.10. The van der Waals surface area contributed by atoms with E-state index in [9.17, 15) is 9.59 Å². The van der Waals surface area contributed by atoms with E-state index in [0.29, 0.717) is 29.4 Å². The number of aromatic carboxylic acids is 1. The Morgan fingerprint density at radius 2 is 2.19 bits per heavy atom. The average molecular weight is 306 g/mol. The Kier molecular flexibility index (Phi) is 4.83. The van der Waals surface area contributed by atoms with E-state index in [2.05, 4.69) is 15.3 Å². The van der Waals surface area contributed by atoms with Crippen molar-refractivity contribution in [1.29, 1.82) is 0 Å². The fourth-order valence-corrected chi connectivity index (χ4v) is 2.37. The highest BCUT2D eigenvalue weighted by Gasteiger charge is 2.09. The second kappa shape index (κ2) is 6.80. The molecule has 21 heavy (non-hydrogen) atoms. The molecule has 8 heteroatoms. The Morgan fingerprint density at radius 1 is 1.38 bits per heavy atom. The maximum absolute atomic E-state index is 11.7. The molecule has 2 aromatic rings. The molecule has 110 valence electrons. The number of carbonyl (C=O) groups is 2. The van der Waals surface area contributed by atoms with Gasteiger partial charge in [0.25, 0.3) is 0 Å². The van der Waals surface area contributed by atoms with Crippen LogP contribution in [0.15, 0.2) is 23.7 Å². The van der Waals surface area contributed by atoms with Crippen molar-refractivity contribution in [3.05, 3.63) is 40.1 Å². The summed E-state index contributed by atoms with van der Waals surface area (Å²) < 4.78 is 0. The second-order valence-electron chi connectivity index (χ2n) is 4.29. The molecule has 1 amide bonds. The fourth-order valence-electron chi connectivity index (χ4n) is 1.60.